The normalized spacial score (nSPS) is 26.1. The van der Waals surface area contributed by atoms with Gasteiger partial charge in [-0.2, -0.15) is 0 Å². The van der Waals surface area contributed by atoms with Gasteiger partial charge >= 0.3 is 11.9 Å². The van der Waals surface area contributed by atoms with Crippen LogP contribution in [0.25, 0.3) is 0 Å². The molecule has 8 heteroatoms. The second-order valence-electron chi connectivity index (χ2n) is 10.7. The number of carbonyl (C=O) groups excluding carboxylic acids is 2. The van der Waals surface area contributed by atoms with Crippen LogP contribution < -0.4 is 5.32 Å². The molecule has 2 aromatic rings. The maximum atomic E-state index is 11.8. The SMILES string of the molecule is Cc1c([C@@H](O)CNC2C[C@H]3C[C@@H]2N(C[C@H](O)c2ccc4c(c2C)COC4=O)C3)ccc2c1COC2=O. The number of rotatable bonds is 7. The third kappa shape index (κ3) is 3.84. The van der Waals surface area contributed by atoms with Crippen molar-refractivity contribution in [2.24, 2.45) is 5.92 Å². The van der Waals surface area contributed by atoms with Crippen molar-refractivity contribution in [3.05, 3.63) is 68.8 Å². The van der Waals surface area contributed by atoms with Gasteiger partial charge in [-0.05, 0) is 67.0 Å². The van der Waals surface area contributed by atoms with Crippen LogP contribution in [-0.4, -0.2) is 58.8 Å². The minimum atomic E-state index is -0.678. The van der Waals surface area contributed by atoms with Crippen LogP contribution in [0.15, 0.2) is 24.3 Å². The summed E-state index contributed by atoms with van der Waals surface area (Å²) in [5.74, 6) is -0.0127. The summed E-state index contributed by atoms with van der Waals surface area (Å²) in [7, 11) is 0. The molecule has 0 spiro atoms. The van der Waals surface area contributed by atoms with Crippen molar-refractivity contribution in [1.82, 2.24) is 10.2 Å². The van der Waals surface area contributed by atoms with Crippen LogP contribution in [0.2, 0.25) is 0 Å². The predicted octanol–water partition coefficient (Wildman–Crippen LogP) is 2.46. The van der Waals surface area contributed by atoms with Crippen molar-refractivity contribution in [3.63, 3.8) is 0 Å². The van der Waals surface area contributed by atoms with Crippen LogP contribution in [0.4, 0.5) is 0 Å². The first kappa shape index (κ1) is 23.6. The molecule has 4 aliphatic rings. The number of β-amino-alcohol motifs (C(OH)–C–C–N with tert-alkyl or cyclic N) is 1. The molecule has 1 unspecified atom stereocenters. The molecule has 6 rings (SSSR count). The van der Waals surface area contributed by atoms with E-state index in [0.717, 1.165) is 52.8 Å². The number of aliphatic hydroxyl groups excluding tert-OH is 2. The minimum Gasteiger partial charge on any atom is -0.457 e. The second kappa shape index (κ2) is 8.95. The topological polar surface area (TPSA) is 108 Å². The number of ether oxygens (including phenoxy) is 2. The molecule has 3 heterocycles. The lowest BCUT2D eigenvalue weighted by Gasteiger charge is -2.35. The molecule has 0 amide bonds. The first-order chi connectivity index (χ1) is 17.3. The fourth-order valence-electron chi connectivity index (χ4n) is 6.72. The molecular formula is C28H32N2O6. The molecule has 2 bridgehead atoms. The highest BCUT2D eigenvalue weighted by Crippen LogP contribution is 2.39. The number of hydrogen-bond acceptors (Lipinski definition) is 8. The lowest BCUT2D eigenvalue weighted by Crippen LogP contribution is -2.50. The first-order valence-electron chi connectivity index (χ1n) is 12.7. The zero-order valence-corrected chi connectivity index (χ0v) is 20.6. The van der Waals surface area contributed by atoms with Crippen molar-refractivity contribution in [2.45, 2.75) is 64.2 Å². The van der Waals surface area contributed by atoms with Crippen molar-refractivity contribution in [3.8, 4) is 0 Å². The van der Waals surface area contributed by atoms with E-state index in [4.69, 9.17) is 9.47 Å². The van der Waals surface area contributed by atoms with Crippen molar-refractivity contribution < 1.29 is 29.3 Å². The number of hydrogen-bond donors (Lipinski definition) is 3. The second-order valence-corrected chi connectivity index (χ2v) is 10.7. The van der Waals surface area contributed by atoms with Gasteiger partial charge in [0.1, 0.15) is 13.2 Å². The van der Waals surface area contributed by atoms with E-state index in [0.29, 0.717) is 36.2 Å². The highest BCUT2D eigenvalue weighted by atomic mass is 16.5. The summed E-state index contributed by atoms with van der Waals surface area (Å²) >= 11 is 0. The summed E-state index contributed by atoms with van der Waals surface area (Å²) in [6.07, 6.45) is 0.828. The highest BCUT2D eigenvalue weighted by molar-refractivity contribution is 5.94. The average Bonchev–Trinajstić information content (AvgIpc) is 3.63. The number of fused-ring (bicyclic) bond motifs is 4. The molecular weight excluding hydrogens is 460 g/mol. The Morgan fingerprint density at radius 1 is 0.917 bits per heavy atom. The van der Waals surface area contributed by atoms with Gasteiger partial charge in [-0.15, -0.1) is 0 Å². The Bertz CT molecular complexity index is 1240. The molecule has 1 saturated heterocycles. The minimum absolute atomic E-state index is 0.248. The van der Waals surface area contributed by atoms with Gasteiger partial charge in [0.05, 0.1) is 23.3 Å². The van der Waals surface area contributed by atoms with Gasteiger partial charge in [0.25, 0.3) is 0 Å². The Morgan fingerprint density at radius 3 is 2.08 bits per heavy atom. The Labute approximate surface area is 210 Å². The summed E-state index contributed by atoms with van der Waals surface area (Å²) in [4.78, 5) is 26.0. The lowest BCUT2D eigenvalue weighted by molar-refractivity contribution is 0.0525. The number of nitrogens with one attached hydrogen (secondary N) is 1. The molecule has 5 atom stereocenters. The van der Waals surface area contributed by atoms with Crippen molar-refractivity contribution >= 4 is 11.9 Å². The van der Waals surface area contributed by atoms with Crippen LogP contribution in [0.1, 0.15) is 79.1 Å². The standard InChI is InChI=1S/C28H32N2O6/c1-14-17(3-5-19-21(14)12-35-27(19)33)25(31)9-29-23-7-16-8-24(23)30(10-16)11-26(32)18-4-6-20-22(15(18)2)13-36-28(20)34/h3-6,16,23-26,29,31-32H,7-13H2,1-2H3/t16-,23?,24-,25-,26-/m0/s1. The van der Waals surface area contributed by atoms with E-state index < -0.39 is 12.2 Å². The van der Waals surface area contributed by atoms with Crippen LogP contribution in [0.5, 0.6) is 0 Å². The first-order valence-corrected chi connectivity index (χ1v) is 12.7. The van der Waals surface area contributed by atoms with E-state index in [-0.39, 0.29) is 31.2 Å². The summed E-state index contributed by atoms with van der Waals surface area (Å²) in [5, 5.41) is 25.6. The van der Waals surface area contributed by atoms with Gasteiger partial charge in [-0.1, -0.05) is 12.1 Å². The number of cyclic esters (lactones) is 2. The molecule has 190 valence electrons. The zero-order chi connectivity index (χ0) is 25.1. The van der Waals surface area contributed by atoms with Gasteiger partial charge in [-0.3, -0.25) is 4.90 Å². The van der Waals surface area contributed by atoms with Gasteiger partial charge < -0.3 is 25.0 Å². The maximum absolute atomic E-state index is 11.8. The van der Waals surface area contributed by atoms with Crippen LogP contribution >= 0.6 is 0 Å². The van der Waals surface area contributed by atoms with E-state index >= 15 is 0 Å². The van der Waals surface area contributed by atoms with Gasteiger partial charge in [0.2, 0.25) is 0 Å². The molecule has 2 fully saturated rings. The summed E-state index contributed by atoms with van der Waals surface area (Å²) in [6.45, 7) is 6.35. The Morgan fingerprint density at radius 2 is 1.50 bits per heavy atom. The average molecular weight is 493 g/mol. The quantitative estimate of drug-likeness (QED) is 0.506. The lowest BCUT2D eigenvalue weighted by atomic mass is 9.94. The zero-order valence-electron chi connectivity index (χ0n) is 20.6. The van der Waals surface area contributed by atoms with Crippen molar-refractivity contribution in [2.75, 3.05) is 19.6 Å². The largest absolute Gasteiger partial charge is 0.457 e. The van der Waals surface area contributed by atoms with Gasteiger partial charge in [0, 0.05) is 42.8 Å². The molecule has 36 heavy (non-hydrogen) atoms. The van der Waals surface area contributed by atoms with Gasteiger partial charge in [0.15, 0.2) is 0 Å². The van der Waals surface area contributed by atoms with Crippen molar-refractivity contribution in [1.29, 1.82) is 0 Å². The number of carbonyl (C=O) groups is 2. The maximum Gasteiger partial charge on any atom is 0.338 e. The molecule has 1 aliphatic carbocycles. The number of likely N-dealkylation sites (tertiary alicyclic amines) is 1. The van der Waals surface area contributed by atoms with E-state index in [1.165, 1.54) is 0 Å². The van der Waals surface area contributed by atoms with E-state index in [1.807, 2.05) is 26.0 Å². The van der Waals surface area contributed by atoms with Crippen LogP contribution in [0, 0.1) is 19.8 Å². The Kier molecular flexibility index (Phi) is 5.87. The summed E-state index contributed by atoms with van der Waals surface area (Å²) in [6, 6.07) is 7.75. The van der Waals surface area contributed by atoms with Gasteiger partial charge in [-0.25, -0.2) is 9.59 Å². The third-order valence-corrected chi connectivity index (χ3v) is 8.70. The fraction of sp³-hybridized carbons (Fsp3) is 0.500. The molecule has 0 radical (unpaired) electrons. The summed E-state index contributed by atoms with van der Waals surface area (Å²) < 4.78 is 10.3. The molecule has 0 aromatic heterocycles. The Balaban J connectivity index is 1.10. The number of nitrogens with zero attached hydrogens (tertiary/aromatic N) is 1. The number of aliphatic hydroxyl groups is 2. The van der Waals surface area contributed by atoms with E-state index in [2.05, 4.69) is 10.2 Å². The number of esters is 2. The monoisotopic (exact) mass is 492 g/mol. The molecule has 1 saturated carbocycles. The third-order valence-electron chi connectivity index (χ3n) is 8.70. The summed E-state index contributed by atoms with van der Waals surface area (Å²) in [5.41, 5.74) is 6.47. The van der Waals surface area contributed by atoms with E-state index in [1.54, 1.807) is 12.1 Å². The fourth-order valence-corrected chi connectivity index (χ4v) is 6.72. The van der Waals surface area contributed by atoms with Crippen LogP contribution in [-0.2, 0) is 22.7 Å². The van der Waals surface area contributed by atoms with Crippen LogP contribution in [0.3, 0.4) is 0 Å². The number of piperidine rings is 1. The molecule has 2 aromatic carbocycles. The predicted molar refractivity (Wildman–Crippen MR) is 130 cm³/mol. The molecule has 3 N–H and O–H groups in total. The number of benzene rings is 2. The molecule has 8 nitrogen and oxygen atoms in total. The highest BCUT2D eigenvalue weighted by Gasteiger charge is 2.45. The Hall–Kier alpha value is -2.78. The molecule has 3 aliphatic heterocycles. The smallest absolute Gasteiger partial charge is 0.338 e. The van der Waals surface area contributed by atoms with E-state index in [9.17, 15) is 19.8 Å².